The number of imidazole rings is 1. The smallest absolute Gasteiger partial charge is 0.236 e. The SMILES string of the molecule is CC1CCCCC1N(C)C(=O)CN1CCNCC1c1nccn1C.Cl. The lowest BCUT2D eigenvalue weighted by Gasteiger charge is -2.39. The summed E-state index contributed by atoms with van der Waals surface area (Å²) in [6.45, 7) is 5.44. The average molecular weight is 370 g/mol. The molecule has 1 aliphatic carbocycles. The maximum atomic E-state index is 12.9. The van der Waals surface area contributed by atoms with Gasteiger partial charge in [-0.3, -0.25) is 9.69 Å². The molecule has 2 heterocycles. The summed E-state index contributed by atoms with van der Waals surface area (Å²) in [6.07, 6.45) is 8.74. The second kappa shape index (κ2) is 9.01. The van der Waals surface area contributed by atoms with Crippen molar-refractivity contribution in [2.75, 3.05) is 33.2 Å². The van der Waals surface area contributed by atoms with Crippen LogP contribution in [0.15, 0.2) is 12.4 Å². The number of carbonyl (C=O) groups is 1. The standard InChI is InChI=1S/C18H31N5O.ClH/c1-14-6-4-5-7-15(14)22(3)17(24)13-23-11-8-19-12-16(23)18-20-9-10-21(18)2;/h9-10,14-16,19H,4-8,11-13H2,1-3H3;1H. The number of rotatable bonds is 4. The molecule has 25 heavy (non-hydrogen) atoms. The molecule has 1 aromatic rings. The molecular weight excluding hydrogens is 338 g/mol. The summed E-state index contributed by atoms with van der Waals surface area (Å²) in [4.78, 5) is 21.7. The molecule has 2 fully saturated rings. The summed E-state index contributed by atoms with van der Waals surface area (Å²) in [5, 5.41) is 3.43. The van der Waals surface area contributed by atoms with Gasteiger partial charge in [-0.2, -0.15) is 0 Å². The molecule has 1 amide bonds. The Bertz CT molecular complexity index is 563. The summed E-state index contributed by atoms with van der Waals surface area (Å²) in [5.41, 5.74) is 0. The fourth-order valence-corrected chi connectivity index (χ4v) is 4.23. The van der Waals surface area contributed by atoms with Crippen molar-refractivity contribution in [1.29, 1.82) is 0 Å². The van der Waals surface area contributed by atoms with Crippen molar-refractivity contribution in [3.05, 3.63) is 18.2 Å². The first-order valence-electron chi connectivity index (χ1n) is 9.25. The third-order valence-electron chi connectivity index (χ3n) is 5.81. The average Bonchev–Trinajstić information content (AvgIpc) is 3.01. The number of nitrogens with one attached hydrogen (secondary N) is 1. The number of nitrogens with zero attached hydrogens (tertiary/aromatic N) is 4. The van der Waals surface area contributed by atoms with Gasteiger partial charge in [0, 0.05) is 52.2 Å². The number of carbonyl (C=O) groups excluding carboxylic acids is 1. The molecule has 1 saturated carbocycles. The van der Waals surface area contributed by atoms with E-state index in [0.29, 0.717) is 18.5 Å². The first-order valence-corrected chi connectivity index (χ1v) is 9.25. The van der Waals surface area contributed by atoms with Crippen LogP contribution in [0.5, 0.6) is 0 Å². The van der Waals surface area contributed by atoms with Crippen LogP contribution in [0.3, 0.4) is 0 Å². The zero-order valence-corrected chi connectivity index (χ0v) is 16.5. The first kappa shape index (κ1) is 20.2. The van der Waals surface area contributed by atoms with E-state index in [1.54, 1.807) is 0 Å². The zero-order valence-electron chi connectivity index (χ0n) is 15.6. The molecule has 7 heteroatoms. The summed E-state index contributed by atoms with van der Waals surface area (Å²) in [5.74, 6) is 1.89. The van der Waals surface area contributed by atoms with Gasteiger partial charge in [-0.15, -0.1) is 12.4 Å². The molecule has 0 radical (unpaired) electrons. The van der Waals surface area contributed by atoms with E-state index < -0.39 is 0 Å². The molecule has 0 spiro atoms. The molecule has 2 aliphatic rings. The lowest BCUT2D eigenvalue weighted by atomic mass is 9.85. The van der Waals surface area contributed by atoms with Crippen LogP contribution in [-0.2, 0) is 11.8 Å². The maximum Gasteiger partial charge on any atom is 0.236 e. The molecule has 0 bridgehead atoms. The van der Waals surface area contributed by atoms with Crippen molar-refractivity contribution < 1.29 is 4.79 Å². The van der Waals surface area contributed by atoms with E-state index in [4.69, 9.17) is 0 Å². The van der Waals surface area contributed by atoms with E-state index in [1.807, 2.05) is 31.4 Å². The number of hydrogen-bond donors (Lipinski definition) is 1. The highest BCUT2D eigenvalue weighted by atomic mass is 35.5. The van der Waals surface area contributed by atoms with Gasteiger partial charge in [0.25, 0.3) is 0 Å². The number of aromatic nitrogens is 2. The highest BCUT2D eigenvalue weighted by molar-refractivity contribution is 5.85. The third kappa shape index (κ3) is 4.54. The van der Waals surface area contributed by atoms with Gasteiger partial charge >= 0.3 is 0 Å². The van der Waals surface area contributed by atoms with Crippen molar-refractivity contribution in [2.45, 2.75) is 44.7 Å². The van der Waals surface area contributed by atoms with Crippen LogP contribution < -0.4 is 5.32 Å². The number of aryl methyl sites for hydroxylation is 1. The van der Waals surface area contributed by atoms with Gasteiger partial charge in [0.1, 0.15) is 5.82 Å². The highest BCUT2D eigenvalue weighted by Gasteiger charge is 2.32. The van der Waals surface area contributed by atoms with Crippen molar-refractivity contribution in [1.82, 2.24) is 24.7 Å². The molecule has 1 aliphatic heterocycles. The number of halogens is 1. The largest absolute Gasteiger partial charge is 0.341 e. The lowest BCUT2D eigenvalue weighted by Crippen LogP contribution is -2.52. The van der Waals surface area contributed by atoms with Crippen LogP contribution in [-0.4, -0.2) is 64.5 Å². The fraction of sp³-hybridized carbons (Fsp3) is 0.778. The summed E-state index contributed by atoms with van der Waals surface area (Å²) in [6, 6.07) is 0.570. The second-order valence-corrected chi connectivity index (χ2v) is 7.42. The number of hydrogen-bond acceptors (Lipinski definition) is 4. The lowest BCUT2D eigenvalue weighted by molar-refractivity contribution is -0.135. The Kier molecular flexibility index (Phi) is 7.28. The molecule has 6 nitrogen and oxygen atoms in total. The monoisotopic (exact) mass is 369 g/mol. The minimum atomic E-state index is 0. The third-order valence-corrected chi connectivity index (χ3v) is 5.81. The first-order chi connectivity index (χ1) is 11.6. The van der Waals surface area contributed by atoms with Gasteiger partial charge < -0.3 is 14.8 Å². The van der Waals surface area contributed by atoms with E-state index >= 15 is 0 Å². The molecule has 1 saturated heterocycles. The van der Waals surface area contributed by atoms with Crippen LogP contribution in [0.25, 0.3) is 0 Å². The Morgan fingerprint density at radius 2 is 2.16 bits per heavy atom. The number of likely N-dealkylation sites (N-methyl/N-ethyl adjacent to an activating group) is 1. The van der Waals surface area contributed by atoms with Gasteiger partial charge in [-0.05, 0) is 18.8 Å². The van der Waals surface area contributed by atoms with Gasteiger partial charge in [0.15, 0.2) is 0 Å². The highest BCUT2D eigenvalue weighted by Crippen LogP contribution is 2.28. The maximum absolute atomic E-state index is 12.9. The molecule has 142 valence electrons. The Morgan fingerprint density at radius 1 is 1.40 bits per heavy atom. The fourth-order valence-electron chi connectivity index (χ4n) is 4.23. The molecule has 1 N–H and O–H groups in total. The van der Waals surface area contributed by atoms with Crippen LogP contribution in [0, 0.1) is 5.92 Å². The number of amides is 1. The molecule has 3 rings (SSSR count). The Morgan fingerprint density at radius 3 is 2.84 bits per heavy atom. The molecule has 3 atom stereocenters. The van der Waals surface area contributed by atoms with E-state index in [-0.39, 0.29) is 24.4 Å². The summed E-state index contributed by atoms with van der Waals surface area (Å²) < 4.78 is 2.06. The molecule has 1 aromatic heterocycles. The second-order valence-electron chi connectivity index (χ2n) is 7.42. The van der Waals surface area contributed by atoms with Crippen molar-refractivity contribution in [3.8, 4) is 0 Å². The van der Waals surface area contributed by atoms with Crippen molar-refractivity contribution >= 4 is 18.3 Å². The Labute approximate surface area is 157 Å². The molecule has 3 unspecified atom stereocenters. The quantitative estimate of drug-likeness (QED) is 0.879. The van der Waals surface area contributed by atoms with Gasteiger partial charge in [-0.1, -0.05) is 19.8 Å². The van der Waals surface area contributed by atoms with E-state index in [1.165, 1.54) is 19.3 Å². The van der Waals surface area contributed by atoms with Crippen LogP contribution >= 0.6 is 12.4 Å². The van der Waals surface area contributed by atoms with Crippen molar-refractivity contribution in [2.24, 2.45) is 13.0 Å². The summed E-state index contributed by atoms with van der Waals surface area (Å²) in [7, 11) is 4.01. The van der Waals surface area contributed by atoms with Gasteiger partial charge in [0.2, 0.25) is 5.91 Å². The van der Waals surface area contributed by atoms with E-state index in [0.717, 1.165) is 31.9 Å². The van der Waals surface area contributed by atoms with Crippen LogP contribution in [0.4, 0.5) is 0 Å². The Hall–Kier alpha value is -1.11. The zero-order chi connectivity index (χ0) is 17.1. The normalized spacial score (nSPS) is 27.6. The predicted octanol–water partition coefficient (Wildman–Crippen LogP) is 1.83. The predicted molar refractivity (Wildman–Crippen MR) is 102 cm³/mol. The topological polar surface area (TPSA) is 53.4 Å². The van der Waals surface area contributed by atoms with Crippen molar-refractivity contribution in [3.63, 3.8) is 0 Å². The summed E-state index contributed by atoms with van der Waals surface area (Å²) >= 11 is 0. The van der Waals surface area contributed by atoms with E-state index in [9.17, 15) is 4.79 Å². The van der Waals surface area contributed by atoms with Crippen LogP contribution in [0.1, 0.15) is 44.5 Å². The number of piperazine rings is 1. The minimum Gasteiger partial charge on any atom is -0.341 e. The molecular formula is C18H32ClN5O. The Balaban J connectivity index is 0.00000225. The van der Waals surface area contributed by atoms with Gasteiger partial charge in [0.05, 0.1) is 12.6 Å². The minimum absolute atomic E-state index is 0. The molecule has 0 aromatic carbocycles. The van der Waals surface area contributed by atoms with Crippen LogP contribution in [0.2, 0.25) is 0 Å². The van der Waals surface area contributed by atoms with Gasteiger partial charge in [-0.25, -0.2) is 4.98 Å². The van der Waals surface area contributed by atoms with E-state index in [2.05, 4.69) is 26.7 Å².